The first kappa shape index (κ1) is 69.4. The molecule has 90 heavy (non-hydrogen) atoms. The zero-order valence-corrected chi connectivity index (χ0v) is 55.4. The summed E-state index contributed by atoms with van der Waals surface area (Å²) >= 11 is 0. The Morgan fingerprint density at radius 1 is 0.289 bits per heavy atom. The van der Waals surface area contributed by atoms with Crippen molar-refractivity contribution in [3.8, 4) is 0 Å². The van der Waals surface area contributed by atoms with E-state index < -0.39 is 0 Å². The largest absolute Gasteiger partial charge is 0.312 e. The molecule has 6 heteroatoms. The quantitative estimate of drug-likeness (QED) is 0.0303. The molecule has 0 aliphatic rings. The van der Waals surface area contributed by atoms with Crippen molar-refractivity contribution in [3.05, 3.63) is 287 Å². The van der Waals surface area contributed by atoms with Crippen molar-refractivity contribution in [1.82, 2.24) is 24.9 Å². The van der Waals surface area contributed by atoms with Gasteiger partial charge < -0.3 is 9.80 Å². The third-order valence-corrected chi connectivity index (χ3v) is 18.7. The van der Waals surface area contributed by atoms with Gasteiger partial charge in [0.2, 0.25) is 0 Å². The van der Waals surface area contributed by atoms with Gasteiger partial charge in [0.1, 0.15) is 12.6 Å². The van der Waals surface area contributed by atoms with Crippen molar-refractivity contribution in [2.75, 3.05) is 65.4 Å². The molecule has 0 fully saturated rings. The van der Waals surface area contributed by atoms with Gasteiger partial charge in [-0.15, -0.1) is 0 Å². The average Bonchev–Trinajstić information content (AvgIpc) is 0.889. The summed E-state index contributed by atoms with van der Waals surface area (Å²) in [6.45, 7) is 18.7. The van der Waals surface area contributed by atoms with Crippen LogP contribution in [0, 0.1) is 0 Å². The molecule has 0 heterocycles. The van der Waals surface area contributed by atoms with Crippen molar-refractivity contribution in [2.45, 2.75) is 168 Å². The molecule has 478 valence electrons. The molecule has 2 atom stereocenters. The van der Waals surface area contributed by atoms with Crippen LogP contribution in [0.5, 0.6) is 0 Å². The van der Waals surface area contributed by atoms with Crippen LogP contribution < -0.4 is 5.32 Å². The number of nitrogens with zero attached hydrogens (tertiary/aromatic N) is 5. The molecule has 8 rings (SSSR count). The lowest BCUT2D eigenvalue weighted by molar-refractivity contribution is -0.968. The van der Waals surface area contributed by atoms with Crippen LogP contribution in [0.15, 0.2) is 243 Å². The Kier molecular flexibility index (Phi) is 32.8. The Morgan fingerprint density at radius 2 is 0.578 bits per heavy atom. The standard InChI is InChI=1S/C84H113N6/c1-2-3-4-5-6-7-8-9-10-11-12-13-14-15-16-41-58-84(83-56-39-24-40-57-83)90(75-82-54-37-23-38-55-82,67-59-85-69-76-42-25-17-26-43-76)68-66-88(72-79-48-31-20-32-49-79)63-62-86(70-77-44-27-18-28-45-77)60-61-87(71-78-46-29-19-30-47-78)64-65-89(73-80-50-33-21-34-51-80)74-81-52-35-22-36-53-81/h17-40,42-57,84-85H,2-16,41,58-75H2,1H3/q+1. The van der Waals surface area contributed by atoms with Gasteiger partial charge >= 0.3 is 0 Å². The normalized spacial score (nSPS) is 12.7. The van der Waals surface area contributed by atoms with E-state index in [4.69, 9.17) is 0 Å². The second-order valence-electron chi connectivity index (χ2n) is 26.0. The van der Waals surface area contributed by atoms with E-state index in [1.807, 2.05) is 0 Å². The van der Waals surface area contributed by atoms with Crippen LogP contribution in [0.2, 0.25) is 0 Å². The molecule has 0 aliphatic carbocycles. The van der Waals surface area contributed by atoms with Gasteiger partial charge in [0, 0.05) is 109 Å². The molecule has 0 bridgehead atoms. The van der Waals surface area contributed by atoms with E-state index in [1.54, 1.807) is 0 Å². The molecule has 0 spiro atoms. The van der Waals surface area contributed by atoms with Gasteiger partial charge in [0.25, 0.3) is 0 Å². The third kappa shape index (κ3) is 27.2. The van der Waals surface area contributed by atoms with Crippen molar-refractivity contribution >= 4 is 0 Å². The molecule has 0 saturated heterocycles. The monoisotopic (exact) mass is 1210 g/mol. The minimum absolute atomic E-state index is 0.358. The maximum atomic E-state index is 4.00. The van der Waals surface area contributed by atoms with Crippen LogP contribution in [0.1, 0.15) is 167 Å². The maximum absolute atomic E-state index is 4.00. The minimum Gasteiger partial charge on any atom is -0.312 e. The van der Waals surface area contributed by atoms with Gasteiger partial charge in [-0.2, -0.15) is 0 Å². The predicted octanol–water partition coefficient (Wildman–Crippen LogP) is 19.4. The lowest BCUT2D eigenvalue weighted by Crippen LogP contribution is -2.56. The molecular formula is C84H113N6+. The summed E-state index contributed by atoms with van der Waals surface area (Å²) in [4.78, 5) is 11.0. The van der Waals surface area contributed by atoms with Crippen molar-refractivity contribution in [3.63, 3.8) is 0 Å². The maximum Gasteiger partial charge on any atom is 0.115 e. The summed E-state index contributed by atoms with van der Waals surface area (Å²) < 4.78 is 1.01. The molecule has 6 nitrogen and oxygen atoms in total. The van der Waals surface area contributed by atoms with Crippen molar-refractivity contribution in [1.29, 1.82) is 0 Å². The Balaban J connectivity index is 1.01. The molecule has 0 saturated carbocycles. The number of unbranched alkanes of at least 4 members (excludes halogenated alkanes) is 15. The van der Waals surface area contributed by atoms with E-state index in [0.717, 1.165) is 116 Å². The van der Waals surface area contributed by atoms with E-state index >= 15 is 0 Å². The fourth-order valence-corrected chi connectivity index (χ4v) is 13.5. The summed E-state index contributed by atoms with van der Waals surface area (Å²) in [5.74, 6) is 0. The van der Waals surface area contributed by atoms with Crippen LogP contribution in [0.3, 0.4) is 0 Å². The summed E-state index contributed by atoms with van der Waals surface area (Å²) in [6, 6.07) is 90.4. The van der Waals surface area contributed by atoms with Crippen LogP contribution in [-0.4, -0.2) is 89.5 Å². The highest BCUT2D eigenvalue weighted by molar-refractivity contribution is 5.22. The smallest absolute Gasteiger partial charge is 0.115 e. The molecule has 0 radical (unpaired) electrons. The average molecular weight is 1210 g/mol. The molecule has 1 N–H and O–H groups in total. The van der Waals surface area contributed by atoms with Gasteiger partial charge in [-0.1, -0.05) is 346 Å². The summed E-state index contributed by atoms with van der Waals surface area (Å²) in [6.07, 6.45) is 23.4. The predicted molar refractivity (Wildman–Crippen MR) is 384 cm³/mol. The van der Waals surface area contributed by atoms with E-state index in [2.05, 4.69) is 274 Å². The Labute approximate surface area is 547 Å². The van der Waals surface area contributed by atoms with Crippen molar-refractivity contribution < 1.29 is 4.48 Å². The highest BCUT2D eigenvalue weighted by atomic mass is 15.4. The number of rotatable bonds is 48. The first-order chi connectivity index (χ1) is 44.6. The van der Waals surface area contributed by atoms with E-state index in [0.29, 0.717) is 6.04 Å². The Bertz CT molecular complexity index is 2930. The third-order valence-electron chi connectivity index (χ3n) is 18.7. The van der Waals surface area contributed by atoms with E-state index in [1.165, 1.54) is 154 Å². The molecule has 8 aromatic rings. The minimum atomic E-state index is 0.358. The number of hydrogen-bond acceptors (Lipinski definition) is 5. The molecule has 0 aromatic heterocycles. The fraction of sp³-hybridized carbons (Fsp3) is 0.429. The summed E-state index contributed by atoms with van der Waals surface area (Å²) in [7, 11) is 0. The highest BCUT2D eigenvalue weighted by Gasteiger charge is 2.38. The van der Waals surface area contributed by atoms with Gasteiger partial charge in [0.15, 0.2) is 0 Å². The summed E-state index contributed by atoms with van der Waals surface area (Å²) in [5.41, 5.74) is 11.1. The number of quaternary nitrogens is 1. The van der Waals surface area contributed by atoms with Crippen LogP contribution >= 0.6 is 0 Å². The van der Waals surface area contributed by atoms with E-state index in [9.17, 15) is 0 Å². The Morgan fingerprint density at radius 3 is 0.944 bits per heavy atom. The zero-order valence-electron chi connectivity index (χ0n) is 55.4. The number of hydrogen-bond donors (Lipinski definition) is 1. The SMILES string of the molecule is CCCCCCCCCCCCCCCCCCC(c1ccccc1)[N+](CCNCc1ccccc1)(CCN(CCN(CCN(CCN(Cc1ccccc1)Cc1ccccc1)Cc1ccccc1)Cc1ccccc1)Cc1ccccc1)Cc1ccccc1. The lowest BCUT2D eigenvalue weighted by Gasteiger charge is -2.47. The first-order valence-electron chi connectivity index (χ1n) is 35.4. The van der Waals surface area contributed by atoms with Crippen LogP contribution in [0.25, 0.3) is 0 Å². The lowest BCUT2D eigenvalue weighted by atomic mass is 9.94. The second kappa shape index (κ2) is 42.6. The van der Waals surface area contributed by atoms with Gasteiger partial charge in [-0.25, -0.2) is 0 Å². The molecule has 0 aliphatic heterocycles. The van der Waals surface area contributed by atoms with Crippen molar-refractivity contribution in [2.24, 2.45) is 0 Å². The van der Waals surface area contributed by atoms with Gasteiger partial charge in [-0.05, 0) is 39.8 Å². The molecular weight excluding hydrogens is 1090 g/mol. The first-order valence-corrected chi connectivity index (χ1v) is 35.4. The number of benzene rings is 8. The summed E-state index contributed by atoms with van der Waals surface area (Å²) in [5, 5.41) is 4.00. The van der Waals surface area contributed by atoms with Gasteiger partial charge in [-0.3, -0.25) is 19.6 Å². The second-order valence-corrected chi connectivity index (χ2v) is 26.0. The zero-order chi connectivity index (χ0) is 62.0. The Hall–Kier alpha value is -6.48. The topological polar surface area (TPSA) is 25.0 Å². The van der Waals surface area contributed by atoms with Gasteiger partial charge in [0.05, 0.1) is 13.1 Å². The van der Waals surface area contributed by atoms with Crippen LogP contribution in [0.4, 0.5) is 0 Å². The molecule has 2 unspecified atom stereocenters. The molecule has 8 aromatic carbocycles. The molecule has 0 amide bonds. The highest BCUT2D eigenvalue weighted by Crippen LogP contribution is 2.36. The van der Waals surface area contributed by atoms with Crippen LogP contribution in [-0.2, 0) is 45.8 Å². The fourth-order valence-electron chi connectivity index (χ4n) is 13.5. The van der Waals surface area contributed by atoms with E-state index in [-0.39, 0.29) is 0 Å². The number of nitrogens with one attached hydrogen (secondary N) is 1.